The molecule has 1 atom stereocenters. The first-order chi connectivity index (χ1) is 9.77. The lowest BCUT2D eigenvalue weighted by Crippen LogP contribution is -2.40. The molecule has 0 heterocycles. The Balaban J connectivity index is 0.000000956. The van der Waals surface area contributed by atoms with E-state index in [2.05, 4.69) is 0 Å². The zero-order chi connectivity index (χ0) is 14.8. The number of hydrogen-bond donors (Lipinski definition) is 1. The zero-order valence-electron chi connectivity index (χ0n) is 12.7. The molecule has 1 aliphatic carbocycles. The largest absolute Gasteiger partial charge is 0.460 e. The summed E-state index contributed by atoms with van der Waals surface area (Å²) in [5.41, 5.74) is 6.98. The lowest BCUT2D eigenvalue weighted by molar-refractivity contribution is -0.148. The Bertz CT molecular complexity index is 372. The van der Waals surface area contributed by atoms with Crippen LogP contribution in [-0.4, -0.2) is 12.0 Å². The first kappa shape index (κ1) is 16.7. The predicted octanol–water partition coefficient (Wildman–Crippen LogP) is 3.66. The van der Waals surface area contributed by atoms with Gasteiger partial charge in [-0.3, -0.25) is 4.79 Å². The summed E-state index contributed by atoms with van der Waals surface area (Å²) in [7, 11) is 0. The van der Waals surface area contributed by atoms with Crippen LogP contribution in [0.15, 0.2) is 30.3 Å². The van der Waals surface area contributed by atoms with Crippen molar-refractivity contribution in [2.45, 2.75) is 58.6 Å². The van der Waals surface area contributed by atoms with Crippen LogP contribution in [0, 0.1) is 5.92 Å². The van der Waals surface area contributed by atoms with Crippen molar-refractivity contribution in [2.75, 3.05) is 0 Å². The highest BCUT2D eigenvalue weighted by atomic mass is 16.5. The average molecular weight is 277 g/mol. The summed E-state index contributed by atoms with van der Waals surface area (Å²) in [6, 6.07) is 9.25. The maximum atomic E-state index is 11.9. The van der Waals surface area contributed by atoms with Crippen LogP contribution in [0.25, 0.3) is 0 Å². The van der Waals surface area contributed by atoms with Crippen LogP contribution in [0.1, 0.15) is 51.5 Å². The second-order valence-corrected chi connectivity index (χ2v) is 5.02. The monoisotopic (exact) mass is 277 g/mol. The van der Waals surface area contributed by atoms with Gasteiger partial charge in [0.1, 0.15) is 12.6 Å². The van der Waals surface area contributed by atoms with Gasteiger partial charge in [-0.25, -0.2) is 0 Å². The van der Waals surface area contributed by atoms with Gasteiger partial charge in [-0.05, 0) is 24.3 Å². The van der Waals surface area contributed by atoms with Gasteiger partial charge in [0.25, 0.3) is 0 Å². The van der Waals surface area contributed by atoms with Gasteiger partial charge >= 0.3 is 5.97 Å². The molecule has 20 heavy (non-hydrogen) atoms. The maximum absolute atomic E-state index is 11.9. The third kappa shape index (κ3) is 5.33. The molecule has 0 amide bonds. The number of carbonyl (C=O) groups is 1. The van der Waals surface area contributed by atoms with E-state index in [-0.39, 0.29) is 5.97 Å². The molecule has 1 unspecified atom stereocenters. The van der Waals surface area contributed by atoms with Crippen molar-refractivity contribution in [2.24, 2.45) is 11.7 Å². The first-order valence-corrected chi connectivity index (χ1v) is 7.73. The fraction of sp³-hybridized carbons (Fsp3) is 0.588. The lowest BCUT2D eigenvalue weighted by Gasteiger charge is -2.25. The highest BCUT2D eigenvalue weighted by Gasteiger charge is 2.27. The van der Waals surface area contributed by atoms with Crippen molar-refractivity contribution >= 4 is 5.97 Å². The summed E-state index contributed by atoms with van der Waals surface area (Å²) in [5, 5.41) is 0. The third-order valence-corrected chi connectivity index (χ3v) is 3.65. The van der Waals surface area contributed by atoms with Crippen molar-refractivity contribution in [1.29, 1.82) is 0 Å². The normalized spacial score (nSPS) is 16.8. The molecule has 0 saturated heterocycles. The van der Waals surface area contributed by atoms with E-state index in [4.69, 9.17) is 10.5 Å². The number of hydrogen-bond acceptors (Lipinski definition) is 3. The molecule has 0 bridgehead atoms. The summed E-state index contributed by atoms with van der Waals surface area (Å²) in [5.74, 6) is 0.0489. The van der Waals surface area contributed by atoms with Crippen molar-refractivity contribution in [3.05, 3.63) is 35.9 Å². The quantitative estimate of drug-likeness (QED) is 0.854. The number of carbonyl (C=O) groups excluding carboxylic acids is 1. The summed E-state index contributed by atoms with van der Waals surface area (Å²) in [6.45, 7) is 4.32. The van der Waals surface area contributed by atoms with E-state index in [0.29, 0.717) is 12.5 Å². The molecule has 1 aromatic carbocycles. The van der Waals surface area contributed by atoms with Crippen molar-refractivity contribution in [1.82, 2.24) is 0 Å². The van der Waals surface area contributed by atoms with Gasteiger partial charge in [-0.15, -0.1) is 0 Å². The molecule has 112 valence electrons. The van der Waals surface area contributed by atoms with Crippen LogP contribution < -0.4 is 5.73 Å². The van der Waals surface area contributed by atoms with E-state index in [1.165, 1.54) is 19.3 Å². The Morgan fingerprint density at radius 2 is 1.80 bits per heavy atom. The van der Waals surface area contributed by atoms with Crippen LogP contribution in [-0.2, 0) is 16.1 Å². The molecule has 1 aliphatic rings. The van der Waals surface area contributed by atoms with Crippen molar-refractivity contribution < 1.29 is 9.53 Å². The molecule has 0 radical (unpaired) electrons. The van der Waals surface area contributed by atoms with E-state index in [1.54, 1.807) is 0 Å². The second kappa shape index (κ2) is 9.54. The maximum Gasteiger partial charge on any atom is 0.323 e. The fourth-order valence-electron chi connectivity index (χ4n) is 2.51. The molecule has 0 spiro atoms. The van der Waals surface area contributed by atoms with E-state index in [9.17, 15) is 4.79 Å². The van der Waals surface area contributed by atoms with Crippen LogP contribution in [0.5, 0.6) is 0 Å². The van der Waals surface area contributed by atoms with Crippen LogP contribution in [0.4, 0.5) is 0 Å². The minimum absolute atomic E-state index is 0.259. The van der Waals surface area contributed by atoms with E-state index < -0.39 is 6.04 Å². The molecule has 0 aromatic heterocycles. The van der Waals surface area contributed by atoms with Gasteiger partial charge in [0, 0.05) is 0 Å². The van der Waals surface area contributed by atoms with E-state index in [1.807, 2.05) is 44.2 Å². The van der Waals surface area contributed by atoms with Crippen LogP contribution in [0.3, 0.4) is 0 Å². The first-order valence-electron chi connectivity index (χ1n) is 7.73. The molecule has 1 aromatic rings. The summed E-state index contributed by atoms with van der Waals surface area (Å²) < 4.78 is 5.28. The highest BCUT2D eigenvalue weighted by Crippen LogP contribution is 2.26. The third-order valence-electron chi connectivity index (χ3n) is 3.65. The average Bonchev–Trinajstić information content (AvgIpc) is 2.55. The van der Waals surface area contributed by atoms with Crippen molar-refractivity contribution in [3.63, 3.8) is 0 Å². The second-order valence-electron chi connectivity index (χ2n) is 5.02. The van der Waals surface area contributed by atoms with Gasteiger partial charge < -0.3 is 10.5 Å². The Hall–Kier alpha value is -1.35. The molecule has 2 rings (SSSR count). The smallest absolute Gasteiger partial charge is 0.323 e. The molecular formula is C17H27NO2. The minimum Gasteiger partial charge on any atom is -0.460 e. The highest BCUT2D eigenvalue weighted by molar-refractivity contribution is 5.75. The SMILES string of the molecule is CC.NC(C(=O)OCc1ccccc1)C1CCCCC1. The lowest BCUT2D eigenvalue weighted by atomic mass is 9.84. The number of ether oxygens (including phenoxy) is 1. The zero-order valence-corrected chi connectivity index (χ0v) is 12.7. The van der Waals surface area contributed by atoms with Gasteiger partial charge in [0.15, 0.2) is 0 Å². The van der Waals surface area contributed by atoms with Gasteiger partial charge in [0.05, 0.1) is 0 Å². The number of nitrogens with two attached hydrogens (primary N) is 1. The van der Waals surface area contributed by atoms with Crippen LogP contribution >= 0.6 is 0 Å². The predicted molar refractivity (Wildman–Crippen MR) is 82.1 cm³/mol. The molecule has 2 N–H and O–H groups in total. The summed E-state index contributed by atoms with van der Waals surface area (Å²) in [4.78, 5) is 11.9. The number of esters is 1. The molecule has 3 heteroatoms. The number of benzene rings is 1. The van der Waals surface area contributed by atoms with Gasteiger partial charge in [-0.1, -0.05) is 63.4 Å². The molecule has 3 nitrogen and oxygen atoms in total. The Morgan fingerprint density at radius 1 is 1.20 bits per heavy atom. The Labute approximate surface area is 122 Å². The molecule has 0 aliphatic heterocycles. The standard InChI is InChI=1S/C15H21NO2.C2H6/c16-14(13-9-5-2-6-10-13)15(17)18-11-12-7-3-1-4-8-12;1-2/h1,3-4,7-8,13-14H,2,5-6,9-11,16H2;1-2H3. The fourth-order valence-corrected chi connectivity index (χ4v) is 2.51. The van der Waals surface area contributed by atoms with E-state index >= 15 is 0 Å². The topological polar surface area (TPSA) is 52.3 Å². The van der Waals surface area contributed by atoms with Gasteiger partial charge in [-0.2, -0.15) is 0 Å². The molecule has 1 saturated carbocycles. The van der Waals surface area contributed by atoms with Crippen LogP contribution in [0.2, 0.25) is 0 Å². The Kier molecular flexibility index (Phi) is 7.97. The molecular weight excluding hydrogens is 250 g/mol. The van der Waals surface area contributed by atoms with Crippen molar-refractivity contribution in [3.8, 4) is 0 Å². The minimum atomic E-state index is -0.450. The van der Waals surface area contributed by atoms with E-state index in [0.717, 1.165) is 18.4 Å². The Morgan fingerprint density at radius 3 is 2.40 bits per heavy atom. The molecule has 1 fully saturated rings. The summed E-state index contributed by atoms with van der Waals surface area (Å²) >= 11 is 0. The number of rotatable bonds is 4. The van der Waals surface area contributed by atoms with Gasteiger partial charge in [0.2, 0.25) is 0 Å². The summed E-state index contributed by atoms with van der Waals surface area (Å²) in [6.07, 6.45) is 5.75.